The Labute approximate surface area is 178 Å². The van der Waals surface area contributed by atoms with Crippen molar-refractivity contribution >= 4 is 11.4 Å². The summed E-state index contributed by atoms with van der Waals surface area (Å²) in [4.78, 5) is 25.4. The number of amides is 1. The number of aliphatic hydroxyl groups is 1. The largest absolute Gasteiger partial charge is 0.392 e. The summed E-state index contributed by atoms with van der Waals surface area (Å²) < 4.78 is 15.9. The van der Waals surface area contributed by atoms with Gasteiger partial charge in [0.15, 0.2) is 0 Å². The standard InChI is InChI=1S/C23H25FN4O3/c24-18-8-6-17(7-9-18)21-19(15-29)22-23(31)27(12-13-28(22)26-21)14-20(30)25-11-10-16-4-2-1-3-5-16/h4,6-9,12-13,29H,1-3,5,10-11,14-15H2,(H,25,30). The number of halogens is 1. The Morgan fingerprint density at radius 1 is 1.19 bits per heavy atom. The molecule has 0 saturated carbocycles. The van der Waals surface area contributed by atoms with Crippen molar-refractivity contribution < 1.29 is 14.3 Å². The van der Waals surface area contributed by atoms with Gasteiger partial charge in [0, 0.05) is 30.1 Å². The lowest BCUT2D eigenvalue weighted by Crippen LogP contribution is -2.33. The lowest BCUT2D eigenvalue weighted by Gasteiger charge is -2.13. The van der Waals surface area contributed by atoms with Gasteiger partial charge in [-0.15, -0.1) is 0 Å². The molecule has 2 heterocycles. The average Bonchev–Trinajstić information content (AvgIpc) is 3.16. The normalized spacial score (nSPS) is 13.9. The van der Waals surface area contributed by atoms with Gasteiger partial charge in [-0.1, -0.05) is 11.6 Å². The molecule has 3 aromatic rings. The first-order chi connectivity index (χ1) is 15.1. The second-order valence-electron chi connectivity index (χ2n) is 7.72. The highest BCUT2D eigenvalue weighted by Crippen LogP contribution is 2.25. The Morgan fingerprint density at radius 3 is 2.71 bits per heavy atom. The fourth-order valence-corrected chi connectivity index (χ4v) is 3.97. The van der Waals surface area contributed by atoms with Gasteiger partial charge in [-0.25, -0.2) is 8.91 Å². The van der Waals surface area contributed by atoms with Crippen LogP contribution in [0, 0.1) is 5.82 Å². The van der Waals surface area contributed by atoms with E-state index in [1.165, 1.54) is 45.8 Å². The quantitative estimate of drug-likeness (QED) is 0.571. The monoisotopic (exact) mass is 424 g/mol. The number of hydrogen-bond acceptors (Lipinski definition) is 4. The van der Waals surface area contributed by atoms with Crippen molar-refractivity contribution in [2.75, 3.05) is 6.54 Å². The highest BCUT2D eigenvalue weighted by atomic mass is 19.1. The van der Waals surface area contributed by atoms with Crippen LogP contribution in [0.25, 0.3) is 16.8 Å². The molecule has 0 spiro atoms. The Bertz CT molecular complexity index is 1180. The maximum atomic E-state index is 13.3. The molecule has 0 fully saturated rings. The van der Waals surface area contributed by atoms with Crippen molar-refractivity contribution in [2.24, 2.45) is 0 Å². The number of carbonyl (C=O) groups excluding carboxylic acids is 1. The average molecular weight is 424 g/mol. The molecule has 8 heteroatoms. The number of allylic oxidation sites excluding steroid dienone is 1. The summed E-state index contributed by atoms with van der Waals surface area (Å²) in [6.45, 7) is 0.0258. The molecule has 1 aliphatic rings. The smallest absolute Gasteiger partial charge is 0.277 e. The van der Waals surface area contributed by atoms with Crippen molar-refractivity contribution in [1.29, 1.82) is 0 Å². The van der Waals surface area contributed by atoms with Crippen LogP contribution in [0.15, 0.2) is 53.1 Å². The third-order valence-electron chi connectivity index (χ3n) is 5.60. The molecule has 0 unspecified atom stereocenters. The molecule has 1 aliphatic carbocycles. The molecule has 0 atom stereocenters. The van der Waals surface area contributed by atoms with E-state index in [2.05, 4.69) is 16.5 Å². The molecule has 1 aromatic carbocycles. The molecular formula is C23H25FN4O3. The molecule has 0 saturated heterocycles. The third-order valence-corrected chi connectivity index (χ3v) is 5.60. The van der Waals surface area contributed by atoms with E-state index >= 15 is 0 Å². The predicted molar refractivity (Wildman–Crippen MR) is 115 cm³/mol. The van der Waals surface area contributed by atoms with E-state index < -0.39 is 12.2 Å². The summed E-state index contributed by atoms with van der Waals surface area (Å²) in [5, 5.41) is 17.2. The maximum Gasteiger partial charge on any atom is 0.277 e. The van der Waals surface area contributed by atoms with E-state index in [-0.39, 0.29) is 23.8 Å². The van der Waals surface area contributed by atoms with Crippen LogP contribution in [0.5, 0.6) is 0 Å². The molecule has 1 amide bonds. The van der Waals surface area contributed by atoms with Crippen LogP contribution in [0.1, 0.15) is 37.7 Å². The summed E-state index contributed by atoms with van der Waals surface area (Å²) in [7, 11) is 0. The zero-order valence-electron chi connectivity index (χ0n) is 17.2. The van der Waals surface area contributed by atoms with Crippen LogP contribution in [0.2, 0.25) is 0 Å². The lowest BCUT2D eigenvalue weighted by molar-refractivity contribution is -0.121. The maximum absolute atomic E-state index is 13.3. The summed E-state index contributed by atoms with van der Waals surface area (Å²) in [6, 6.07) is 5.69. The van der Waals surface area contributed by atoms with Crippen LogP contribution in [-0.2, 0) is 17.9 Å². The van der Waals surface area contributed by atoms with Crippen LogP contribution in [-0.4, -0.2) is 31.7 Å². The van der Waals surface area contributed by atoms with E-state index in [0.29, 0.717) is 23.4 Å². The fraction of sp³-hybridized carbons (Fsp3) is 0.348. The van der Waals surface area contributed by atoms with Crippen LogP contribution >= 0.6 is 0 Å². The van der Waals surface area contributed by atoms with Gasteiger partial charge >= 0.3 is 0 Å². The number of benzene rings is 1. The van der Waals surface area contributed by atoms with E-state index in [9.17, 15) is 19.1 Å². The molecule has 0 bridgehead atoms. The van der Waals surface area contributed by atoms with Gasteiger partial charge in [0.25, 0.3) is 5.56 Å². The molecule has 0 radical (unpaired) electrons. The van der Waals surface area contributed by atoms with E-state index in [0.717, 1.165) is 19.3 Å². The van der Waals surface area contributed by atoms with Gasteiger partial charge in [-0.05, 0) is 56.4 Å². The van der Waals surface area contributed by atoms with Crippen molar-refractivity contribution in [3.8, 4) is 11.3 Å². The van der Waals surface area contributed by atoms with Crippen molar-refractivity contribution in [3.63, 3.8) is 0 Å². The summed E-state index contributed by atoms with van der Waals surface area (Å²) in [5.74, 6) is -0.627. The van der Waals surface area contributed by atoms with Crippen molar-refractivity contribution in [2.45, 2.75) is 45.3 Å². The molecule has 31 heavy (non-hydrogen) atoms. The van der Waals surface area contributed by atoms with Crippen molar-refractivity contribution in [3.05, 3.63) is 70.0 Å². The number of aromatic nitrogens is 3. The first-order valence-corrected chi connectivity index (χ1v) is 10.5. The first-order valence-electron chi connectivity index (χ1n) is 10.5. The molecule has 0 aliphatic heterocycles. The number of nitrogens with one attached hydrogen (secondary N) is 1. The van der Waals surface area contributed by atoms with Gasteiger partial charge in [0.05, 0.1) is 12.3 Å². The molecule has 2 N–H and O–H groups in total. The molecule has 162 valence electrons. The Kier molecular flexibility index (Phi) is 6.27. The number of aliphatic hydroxyl groups excluding tert-OH is 1. The second kappa shape index (κ2) is 9.26. The van der Waals surface area contributed by atoms with Gasteiger partial charge in [0.1, 0.15) is 17.9 Å². The van der Waals surface area contributed by atoms with Crippen LogP contribution in [0.3, 0.4) is 0 Å². The van der Waals surface area contributed by atoms with Gasteiger partial charge < -0.3 is 15.0 Å². The van der Waals surface area contributed by atoms with Gasteiger partial charge in [-0.3, -0.25) is 9.59 Å². The van der Waals surface area contributed by atoms with E-state index in [1.807, 2.05) is 0 Å². The molecular weight excluding hydrogens is 399 g/mol. The topological polar surface area (TPSA) is 88.6 Å². The number of carbonyl (C=O) groups is 1. The zero-order chi connectivity index (χ0) is 21.8. The minimum atomic E-state index is -0.419. The third kappa shape index (κ3) is 4.59. The Morgan fingerprint density at radius 2 is 2.00 bits per heavy atom. The highest BCUT2D eigenvalue weighted by Gasteiger charge is 2.18. The Balaban J connectivity index is 1.53. The van der Waals surface area contributed by atoms with Crippen LogP contribution in [0.4, 0.5) is 4.39 Å². The van der Waals surface area contributed by atoms with E-state index in [4.69, 9.17) is 0 Å². The lowest BCUT2D eigenvalue weighted by atomic mass is 9.97. The summed E-state index contributed by atoms with van der Waals surface area (Å²) in [5.41, 5.74) is 2.50. The minimum absolute atomic E-state index is 0.115. The zero-order valence-corrected chi connectivity index (χ0v) is 17.2. The number of hydrogen-bond donors (Lipinski definition) is 2. The predicted octanol–water partition coefficient (Wildman–Crippen LogP) is 2.80. The van der Waals surface area contributed by atoms with E-state index in [1.54, 1.807) is 18.3 Å². The summed E-state index contributed by atoms with van der Waals surface area (Å²) >= 11 is 0. The van der Waals surface area contributed by atoms with Gasteiger partial charge in [0.2, 0.25) is 5.91 Å². The van der Waals surface area contributed by atoms with Crippen LogP contribution < -0.4 is 10.9 Å². The number of rotatable bonds is 7. The van der Waals surface area contributed by atoms with Crippen molar-refractivity contribution in [1.82, 2.24) is 19.5 Å². The Hall–Kier alpha value is -3.26. The SMILES string of the molecule is O=C(Cn1ccn2nc(-c3ccc(F)cc3)c(CO)c2c1=O)NCCC1=CCCCC1. The second-order valence-corrected chi connectivity index (χ2v) is 7.72. The molecule has 2 aromatic heterocycles. The minimum Gasteiger partial charge on any atom is -0.392 e. The molecule has 7 nitrogen and oxygen atoms in total. The number of nitrogens with zero attached hydrogens (tertiary/aromatic N) is 3. The highest BCUT2D eigenvalue weighted by molar-refractivity contribution is 5.76. The fourth-order valence-electron chi connectivity index (χ4n) is 3.97. The van der Waals surface area contributed by atoms with Gasteiger partial charge in [-0.2, -0.15) is 5.10 Å². The number of fused-ring (bicyclic) bond motifs is 1. The first kappa shape index (κ1) is 21.0. The molecule has 4 rings (SSSR count). The summed E-state index contributed by atoms with van der Waals surface area (Å²) in [6.07, 6.45) is 10.8.